The molecule has 0 saturated heterocycles. The molecule has 0 N–H and O–H groups in total. The normalized spacial score (nSPS) is 13.0. The topological polar surface area (TPSA) is 0 Å². The van der Waals surface area contributed by atoms with Gasteiger partial charge in [-0.2, -0.15) is 0 Å². The van der Waals surface area contributed by atoms with Gasteiger partial charge in [-0.15, -0.1) is 0 Å². The van der Waals surface area contributed by atoms with E-state index in [1.54, 1.807) is 10.4 Å². The van der Waals surface area contributed by atoms with Crippen molar-refractivity contribution >= 4 is 37.3 Å². The van der Waals surface area contributed by atoms with Crippen LogP contribution >= 0.6 is 0 Å². The van der Waals surface area contributed by atoms with Crippen molar-refractivity contribution < 1.29 is 0 Å². The zero-order valence-electron chi connectivity index (χ0n) is 12.5. The van der Waals surface area contributed by atoms with Crippen LogP contribution < -0.4 is 10.4 Å². The van der Waals surface area contributed by atoms with Gasteiger partial charge >= 0.3 is 0 Å². The van der Waals surface area contributed by atoms with Gasteiger partial charge in [0.05, 0.1) is 16.1 Å². The van der Waals surface area contributed by atoms with Crippen molar-refractivity contribution in [2.75, 3.05) is 0 Å². The van der Waals surface area contributed by atoms with Crippen LogP contribution in [0.25, 0.3) is 10.8 Å². The summed E-state index contributed by atoms with van der Waals surface area (Å²) in [5.74, 6) is 0. The third-order valence-corrected chi connectivity index (χ3v) is 7.65. The van der Waals surface area contributed by atoms with E-state index in [1.807, 2.05) is 0 Å². The molecule has 0 unspecified atom stereocenters. The molecule has 0 nitrogen and oxygen atoms in total. The third kappa shape index (κ3) is 2.59. The highest BCUT2D eigenvalue weighted by Gasteiger charge is 2.20. The van der Waals surface area contributed by atoms with Crippen molar-refractivity contribution in [2.24, 2.45) is 0 Å². The summed E-state index contributed by atoms with van der Waals surface area (Å²) < 4.78 is 0. The molecular weight excluding hydrogens is 248 g/mol. The van der Waals surface area contributed by atoms with Crippen molar-refractivity contribution in [1.82, 2.24) is 0 Å². The maximum absolute atomic E-state index is 2.42. The number of fused-ring (bicyclic) bond motifs is 1. The maximum Gasteiger partial charge on any atom is 0.0784 e. The van der Waals surface area contributed by atoms with Gasteiger partial charge in [-0.3, -0.25) is 0 Å². The van der Waals surface area contributed by atoms with Crippen molar-refractivity contribution in [3.8, 4) is 0 Å². The Labute approximate surface area is 113 Å². The molecule has 0 atom stereocenters. The lowest BCUT2D eigenvalue weighted by Crippen LogP contribution is -2.39. The molecule has 2 aromatic carbocycles. The second-order valence-corrected chi connectivity index (χ2v) is 17.4. The average Bonchev–Trinajstić information content (AvgIpc) is 2.25. The van der Waals surface area contributed by atoms with E-state index in [1.165, 1.54) is 10.8 Å². The van der Waals surface area contributed by atoms with Gasteiger partial charge < -0.3 is 0 Å². The van der Waals surface area contributed by atoms with Gasteiger partial charge in [-0.05, 0) is 10.8 Å². The summed E-state index contributed by atoms with van der Waals surface area (Å²) >= 11 is 0. The molecule has 0 aliphatic heterocycles. The van der Waals surface area contributed by atoms with Crippen molar-refractivity contribution in [3.63, 3.8) is 0 Å². The van der Waals surface area contributed by atoms with Crippen LogP contribution in [-0.4, -0.2) is 16.1 Å². The molecule has 2 rings (SSSR count). The number of hydrogen-bond donors (Lipinski definition) is 0. The lowest BCUT2D eigenvalue weighted by molar-refractivity contribution is 1.69. The van der Waals surface area contributed by atoms with Crippen LogP contribution in [0.3, 0.4) is 0 Å². The minimum Gasteiger partial charge on any atom is -0.0656 e. The summed E-state index contributed by atoms with van der Waals surface area (Å²) in [5.41, 5.74) is 0. The number of hydrogen-bond acceptors (Lipinski definition) is 0. The maximum atomic E-state index is 2.42. The first-order chi connectivity index (χ1) is 8.19. The summed E-state index contributed by atoms with van der Waals surface area (Å²) in [4.78, 5) is 0. The van der Waals surface area contributed by atoms with E-state index in [9.17, 15) is 0 Å². The van der Waals surface area contributed by atoms with Crippen LogP contribution in [0.5, 0.6) is 0 Å². The van der Waals surface area contributed by atoms with Gasteiger partial charge in [0.1, 0.15) is 0 Å². The van der Waals surface area contributed by atoms with Gasteiger partial charge in [-0.25, -0.2) is 0 Å². The highest BCUT2D eigenvalue weighted by molar-refractivity contribution is 6.90. The fourth-order valence-electron chi connectivity index (χ4n) is 2.40. The zero-order chi connectivity index (χ0) is 13.6. The summed E-state index contributed by atoms with van der Waals surface area (Å²) in [6.45, 7) is 14.5. The lowest BCUT2D eigenvalue weighted by atomic mass is 10.1. The Balaban J connectivity index is 2.68. The molecule has 0 bridgehead atoms. The highest BCUT2D eigenvalue weighted by atomic mass is 28.3. The SMILES string of the molecule is C[Si](C)(C)c1ccc2c([Si](C)(C)C)cccc2c1. The molecule has 0 aliphatic carbocycles. The monoisotopic (exact) mass is 272 g/mol. The van der Waals surface area contributed by atoms with E-state index >= 15 is 0 Å². The second kappa shape index (κ2) is 4.35. The molecule has 0 heterocycles. The summed E-state index contributed by atoms with van der Waals surface area (Å²) in [7, 11) is -2.45. The van der Waals surface area contributed by atoms with E-state index in [4.69, 9.17) is 0 Å². The van der Waals surface area contributed by atoms with Gasteiger partial charge in [0, 0.05) is 0 Å². The smallest absolute Gasteiger partial charge is 0.0656 e. The van der Waals surface area contributed by atoms with E-state index in [-0.39, 0.29) is 0 Å². The molecule has 0 aliphatic rings. The molecular formula is C16H24Si2. The standard InChI is InChI=1S/C16H24Si2/c1-17(2,3)14-10-11-15-13(12-14)8-7-9-16(15)18(4,5)6/h7-12H,1-6H3. The molecule has 18 heavy (non-hydrogen) atoms. The Morgan fingerprint density at radius 2 is 1.39 bits per heavy atom. The largest absolute Gasteiger partial charge is 0.0784 e. The van der Waals surface area contributed by atoms with E-state index in [0.29, 0.717) is 0 Å². The van der Waals surface area contributed by atoms with E-state index in [2.05, 4.69) is 75.7 Å². The fourth-order valence-corrected chi connectivity index (χ4v) is 5.21. The van der Waals surface area contributed by atoms with Crippen LogP contribution in [0.2, 0.25) is 39.3 Å². The van der Waals surface area contributed by atoms with Crippen LogP contribution in [0.1, 0.15) is 0 Å². The van der Waals surface area contributed by atoms with Gasteiger partial charge in [0.15, 0.2) is 0 Å². The minimum absolute atomic E-state index is 1.20. The Kier molecular flexibility index (Phi) is 3.28. The summed E-state index contributed by atoms with van der Waals surface area (Å²) in [5, 5.41) is 6.04. The van der Waals surface area contributed by atoms with Crippen LogP contribution in [0.4, 0.5) is 0 Å². The van der Waals surface area contributed by atoms with Gasteiger partial charge in [0.2, 0.25) is 0 Å². The molecule has 0 fully saturated rings. The first-order valence-corrected chi connectivity index (χ1v) is 13.7. The molecule has 96 valence electrons. The van der Waals surface area contributed by atoms with Crippen LogP contribution in [0, 0.1) is 0 Å². The number of rotatable bonds is 2. The van der Waals surface area contributed by atoms with E-state index in [0.717, 1.165) is 0 Å². The molecule has 0 amide bonds. The Hall–Kier alpha value is -0.866. The zero-order valence-corrected chi connectivity index (χ0v) is 14.5. The molecule has 0 radical (unpaired) electrons. The summed E-state index contributed by atoms with van der Waals surface area (Å²) in [6.07, 6.45) is 0. The van der Waals surface area contributed by atoms with E-state index < -0.39 is 16.1 Å². The van der Waals surface area contributed by atoms with Gasteiger partial charge in [0.25, 0.3) is 0 Å². The lowest BCUT2D eigenvalue weighted by Gasteiger charge is -2.21. The number of benzene rings is 2. The first kappa shape index (κ1) is 13.6. The van der Waals surface area contributed by atoms with Crippen LogP contribution in [0.15, 0.2) is 36.4 Å². The average molecular weight is 273 g/mol. The predicted molar refractivity (Wildman–Crippen MR) is 89.9 cm³/mol. The predicted octanol–water partition coefficient (Wildman–Crippen LogP) is 3.93. The molecule has 2 heteroatoms. The Morgan fingerprint density at radius 1 is 0.722 bits per heavy atom. The van der Waals surface area contributed by atoms with Crippen molar-refractivity contribution in [2.45, 2.75) is 39.3 Å². The fraction of sp³-hybridized carbons (Fsp3) is 0.375. The second-order valence-electron chi connectivity index (χ2n) is 7.24. The van der Waals surface area contributed by atoms with Crippen LogP contribution in [-0.2, 0) is 0 Å². The quantitative estimate of drug-likeness (QED) is 0.727. The van der Waals surface area contributed by atoms with Crippen molar-refractivity contribution in [1.29, 1.82) is 0 Å². The summed E-state index contributed by atoms with van der Waals surface area (Å²) in [6, 6.07) is 14.0. The van der Waals surface area contributed by atoms with Gasteiger partial charge in [-0.1, -0.05) is 86.1 Å². The molecule has 0 spiro atoms. The highest BCUT2D eigenvalue weighted by Crippen LogP contribution is 2.16. The molecule has 0 saturated carbocycles. The Morgan fingerprint density at radius 3 is 1.94 bits per heavy atom. The third-order valence-electron chi connectivity index (χ3n) is 3.55. The minimum atomic E-state index is -1.25. The molecule has 0 aromatic heterocycles. The first-order valence-electron chi connectivity index (χ1n) is 6.73. The molecule has 2 aromatic rings. The Bertz CT molecular complexity index is 572. The van der Waals surface area contributed by atoms with Crippen molar-refractivity contribution in [3.05, 3.63) is 36.4 Å².